The number of aromatic nitrogens is 1. The molecular weight excluding hydrogens is 453 g/mol. The number of likely N-dealkylation sites (N-methyl/N-ethyl adjacent to an activating group) is 1. The number of rotatable bonds is 6. The van der Waals surface area contributed by atoms with E-state index in [0.29, 0.717) is 40.1 Å². The van der Waals surface area contributed by atoms with Crippen LogP contribution in [0, 0.1) is 0 Å². The zero-order valence-corrected chi connectivity index (χ0v) is 19.9. The number of methoxy groups -OCH3 is 1. The molecule has 0 unspecified atom stereocenters. The molecule has 5 nitrogen and oxygen atoms in total. The summed E-state index contributed by atoms with van der Waals surface area (Å²) in [6, 6.07) is 17.4. The van der Waals surface area contributed by atoms with Crippen molar-refractivity contribution in [2.75, 3.05) is 39.2 Å². The van der Waals surface area contributed by atoms with Crippen molar-refractivity contribution < 1.29 is 9.53 Å². The number of nitrogens with zero attached hydrogens (tertiary/aromatic N) is 3. The van der Waals surface area contributed by atoms with Crippen LogP contribution < -0.4 is 9.64 Å². The summed E-state index contributed by atoms with van der Waals surface area (Å²) in [5, 5.41) is 3.34. The fourth-order valence-corrected chi connectivity index (χ4v) is 4.56. The van der Waals surface area contributed by atoms with E-state index in [1.54, 1.807) is 24.1 Å². The minimum Gasteiger partial charge on any atom is -0.494 e. The maximum Gasteiger partial charge on any atom is 0.260 e. The van der Waals surface area contributed by atoms with E-state index in [1.807, 2.05) is 61.5 Å². The molecule has 4 aromatic rings. The normalized spacial score (nSPS) is 11.0. The van der Waals surface area contributed by atoms with Crippen molar-refractivity contribution in [1.82, 2.24) is 9.88 Å². The summed E-state index contributed by atoms with van der Waals surface area (Å²) in [7, 11) is 5.57. The van der Waals surface area contributed by atoms with Crippen molar-refractivity contribution in [2.24, 2.45) is 0 Å². The van der Waals surface area contributed by atoms with Crippen LogP contribution in [0.4, 0.5) is 5.13 Å². The van der Waals surface area contributed by atoms with Crippen molar-refractivity contribution in [3.8, 4) is 5.75 Å². The molecule has 162 valence electrons. The van der Waals surface area contributed by atoms with Gasteiger partial charge in [0, 0.05) is 18.7 Å². The highest BCUT2D eigenvalue weighted by Gasteiger charge is 2.23. The smallest absolute Gasteiger partial charge is 0.260 e. The Bertz CT molecular complexity index is 1230. The quantitative estimate of drug-likeness (QED) is 0.356. The van der Waals surface area contributed by atoms with Crippen molar-refractivity contribution >= 4 is 67.4 Å². The molecule has 0 aliphatic rings. The molecule has 0 N–H and O–H groups in total. The van der Waals surface area contributed by atoms with Crippen LogP contribution in [0.1, 0.15) is 10.4 Å². The van der Waals surface area contributed by atoms with Crippen molar-refractivity contribution in [3.05, 3.63) is 65.2 Å². The molecule has 0 spiro atoms. The second kappa shape index (κ2) is 9.83. The molecule has 1 aromatic heterocycles. The van der Waals surface area contributed by atoms with Crippen LogP contribution in [-0.2, 0) is 0 Å². The Hall–Kier alpha value is -2.38. The van der Waals surface area contributed by atoms with Crippen LogP contribution in [0.3, 0.4) is 0 Å². The topological polar surface area (TPSA) is 45.7 Å². The van der Waals surface area contributed by atoms with Gasteiger partial charge in [0.15, 0.2) is 5.13 Å². The first-order valence-electron chi connectivity index (χ1n) is 9.56. The number of benzene rings is 3. The lowest BCUT2D eigenvalue weighted by atomic mass is 10.1. The third-order valence-corrected chi connectivity index (χ3v) is 6.45. The van der Waals surface area contributed by atoms with Crippen molar-refractivity contribution in [3.63, 3.8) is 0 Å². The Morgan fingerprint density at radius 3 is 2.52 bits per heavy atom. The Labute approximate surface area is 196 Å². The van der Waals surface area contributed by atoms with Gasteiger partial charge in [-0.2, -0.15) is 0 Å². The number of fused-ring (bicyclic) bond motifs is 2. The molecule has 0 radical (unpaired) electrons. The van der Waals surface area contributed by atoms with Gasteiger partial charge in [-0.15, -0.1) is 12.4 Å². The molecule has 3 aromatic carbocycles. The van der Waals surface area contributed by atoms with Crippen LogP contribution in [0.2, 0.25) is 5.02 Å². The second-order valence-electron chi connectivity index (χ2n) is 7.25. The van der Waals surface area contributed by atoms with E-state index in [9.17, 15) is 4.79 Å². The van der Waals surface area contributed by atoms with E-state index >= 15 is 0 Å². The monoisotopic (exact) mass is 475 g/mol. The van der Waals surface area contributed by atoms with E-state index in [0.717, 1.165) is 15.5 Å². The molecule has 0 saturated carbocycles. The maximum atomic E-state index is 13.5. The standard InChI is InChI=1S/C23H22ClN3O2S.ClH/c1-26(2)12-13-27(22(28)17-9-8-15-6-4-5-7-16(15)14-17)23-25-20-19(29-3)11-10-18(24)21(20)30-23;/h4-11,14H,12-13H2,1-3H3;1H. The number of halogens is 2. The Morgan fingerprint density at radius 2 is 1.81 bits per heavy atom. The first kappa shape index (κ1) is 23.3. The maximum absolute atomic E-state index is 13.5. The lowest BCUT2D eigenvalue weighted by molar-refractivity contribution is 0.0985. The third-order valence-electron chi connectivity index (χ3n) is 4.91. The summed E-state index contributed by atoms with van der Waals surface area (Å²) in [4.78, 5) is 22.0. The van der Waals surface area contributed by atoms with E-state index in [-0.39, 0.29) is 18.3 Å². The zero-order valence-electron chi connectivity index (χ0n) is 17.5. The van der Waals surface area contributed by atoms with E-state index in [4.69, 9.17) is 21.3 Å². The highest BCUT2D eigenvalue weighted by Crippen LogP contribution is 2.39. The number of hydrogen-bond acceptors (Lipinski definition) is 5. The SMILES string of the molecule is COc1ccc(Cl)c2sc(N(CCN(C)C)C(=O)c3ccc4ccccc4c3)nc12.Cl. The van der Waals surface area contributed by atoms with Gasteiger partial charge in [0.2, 0.25) is 0 Å². The minimum atomic E-state index is -0.0863. The number of anilines is 1. The summed E-state index contributed by atoms with van der Waals surface area (Å²) < 4.78 is 6.25. The van der Waals surface area contributed by atoms with Gasteiger partial charge in [0.25, 0.3) is 5.91 Å². The molecule has 0 atom stereocenters. The van der Waals surface area contributed by atoms with Gasteiger partial charge < -0.3 is 9.64 Å². The van der Waals surface area contributed by atoms with Crippen LogP contribution in [0.15, 0.2) is 54.6 Å². The molecule has 0 aliphatic carbocycles. The summed E-state index contributed by atoms with van der Waals surface area (Å²) in [6.45, 7) is 1.22. The van der Waals surface area contributed by atoms with Gasteiger partial charge in [-0.05, 0) is 49.1 Å². The third kappa shape index (κ3) is 4.77. The number of hydrogen-bond donors (Lipinski definition) is 0. The highest BCUT2D eigenvalue weighted by atomic mass is 35.5. The number of thiazole rings is 1. The Morgan fingerprint density at radius 1 is 1.06 bits per heavy atom. The second-order valence-corrected chi connectivity index (χ2v) is 8.63. The van der Waals surface area contributed by atoms with E-state index < -0.39 is 0 Å². The summed E-state index contributed by atoms with van der Waals surface area (Å²) in [6.07, 6.45) is 0. The van der Waals surface area contributed by atoms with E-state index in [2.05, 4.69) is 0 Å². The zero-order chi connectivity index (χ0) is 21.3. The molecule has 31 heavy (non-hydrogen) atoms. The molecule has 1 heterocycles. The highest BCUT2D eigenvalue weighted by molar-refractivity contribution is 7.23. The molecule has 0 saturated heterocycles. The fourth-order valence-electron chi connectivity index (χ4n) is 3.28. The van der Waals surface area contributed by atoms with Crippen LogP contribution in [0.25, 0.3) is 21.0 Å². The summed E-state index contributed by atoms with van der Waals surface area (Å²) in [5.74, 6) is 0.555. The van der Waals surface area contributed by atoms with Gasteiger partial charge in [0.1, 0.15) is 11.3 Å². The van der Waals surface area contributed by atoms with Gasteiger partial charge in [0.05, 0.1) is 16.8 Å². The van der Waals surface area contributed by atoms with Crippen LogP contribution >= 0.6 is 35.3 Å². The summed E-state index contributed by atoms with van der Waals surface area (Å²) in [5.41, 5.74) is 1.30. The molecule has 4 rings (SSSR count). The number of carbonyl (C=O) groups excluding carboxylic acids is 1. The van der Waals surface area contributed by atoms with Crippen molar-refractivity contribution in [1.29, 1.82) is 0 Å². The largest absolute Gasteiger partial charge is 0.494 e. The Balaban J connectivity index is 0.00000272. The first-order chi connectivity index (χ1) is 14.5. The van der Waals surface area contributed by atoms with Gasteiger partial charge in [-0.1, -0.05) is 53.3 Å². The van der Waals surface area contributed by atoms with Crippen LogP contribution in [-0.4, -0.2) is 50.1 Å². The molecule has 8 heteroatoms. The van der Waals surface area contributed by atoms with Gasteiger partial charge in [-0.25, -0.2) is 4.98 Å². The molecular formula is C23H23Cl2N3O2S. The Kier molecular flexibility index (Phi) is 7.38. The fraction of sp³-hybridized carbons (Fsp3) is 0.217. The number of ether oxygens (including phenoxy) is 1. The molecule has 0 bridgehead atoms. The lowest BCUT2D eigenvalue weighted by Crippen LogP contribution is -2.36. The molecule has 1 amide bonds. The summed E-state index contributed by atoms with van der Waals surface area (Å²) >= 11 is 7.80. The lowest BCUT2D eigenvalue weighted by Gasteiger charge is -2.22. The van der Waals surface area contributed by atoms with E-state index in [1.165, 1.54) is 11.3 Å². The predicted octanol–water partition coefficient (Wildman–Crippen LogP) is 5.74. The van der Waals surface area contributed by atoms with Gasteiger partial charge in [-0.3, -0.25) is 9.69 Å². The number of carbonyl (C=O) groups is 1. The minimum absolute atomic E-state index is 0. The predicted molar refractivity (Wildman–Crippen MR) is 133 cm³/mol. The first-order valence-corrected chi connectivity index (χ1v) is 10.8. The van der Waals surface area contributed by atoms with Crippen LogP contribution in [0.5, 0.6) is 5.75 Å². The average Bonchev–Trinajstić information content (AvgIpc) is 3.19. The van der Waals surface area contributed by atoms with Crippen molar-refractivity contribution in [2.45, 2.75) is 0 Å². The number of amides is 1. The molecule has 0 aliphatic heterocycles. The van der Waals surface area contributed by atoms with Gasteiger partial charge >= 0.3 is 0 Å². The molecule has 0 fully saturated rings. The average molecular weight is 476 g/mol.